The van der Waals surface area contributed by atoms with Crippen LogP contribution in [0.3, 0.4) is 0 Å². The Morgan fingerprint density at radius 2 is 1.55 bits per heavy atom. The highest BCUT2D eigenvalue weighted by Crippen LogP contribution is 2.34. The number of likely N-dealkylation sites (tertiary alicyclic amines) is 2. The van der Waals surface area contributed by atoms with E-state index in [-0.39, 0.29) is 41.8 Å². The fourth-order valence-electron chi connectivity index (χ4n) is 6.52. The van der Waals surface area contributed by atoms with Crippen molar-refractivity contribution in [2.24, 2.45) is 17.8 Å². The number of rotatable bonds is 3. The molecule has 4 saturated heterocycles. The average molecular weight is 434 g/mol. The van der Waals surface area contributed by atoms with E-state index in [1.165, 1.54) is 25.7 Å². The first-order valence-corrected chi connectivity index (χ1v) is 12.1. The third-order valence-corrected chi connectivity index (χ3v) is 8.40. The van der Waals surface area contributed by atoms with Gasteiger partial charge in [0.05, 0.1) is 12.0 Å². The molecule has 1 aliphatic carbocycles. The number of nitrogens with one attached hydrogen (secondary N) is 3. The van der Waals surface area contributed by atoms with E-state index in [2.05, 4.69) is 16.2 Å². The van der Waals surface area contributed by atoms with Gasteiger partial charge >= 0.3 is 5.97 Å². The molecule has 0 aromatic carbocycles. The van der Waals surface area contributed by atoms with Gasteiger partial charge in [0.15, 0.2) is 0 Å². The molecule has 4 aliphatic heterocycles. The van der Waals surface area contributed by atoms with Crippen molar-refractivity contribution in [3.05, 3.63) is 0 Å². The van der Waals surface area contributed by atoms with Gasteiger partial charge in [-0.05, 0) is 44.4 Å². The zero-order valence-electron chi connectivity index (χ0n) is 18.1. The summed E-state index contributed by atoms with van der Waals surface area (Å²) in [6.45, 7) is 2.30. The van der Waals surface area contributed by atoms with Crippen LogP contribution in [0.2, 0.25) is 0 Å². The SMILES string of the molecule is O=C(O)C1CCN(C(=O)C2NNC3CCN(C(=O)C4CC5CCCCC5N4)CC32)CC1. The molecule has 9 nitrogen and oxygen atoms in total. The number of carbonyl (C=O) groups is 3. The van der Waals surface area contributed by atoms with E-state index >= 15 is 0 Å². The van der Waals surface area contributed by atoms with Crippen LogP contribution < -0.4 is 16.2 Å². The lowest BCUT2D eigenvalue weighted by molar-refractivity contribution is -0.146. The molecule has 0 aromatic rings. The Hall–Kier alpha value is -1.71. The molecule has 5 fully saturated rings. The van der Waals surface area contributed by atoms with Crippen molar-refractivity contribution in [2.45, 2.75) is 75.5 Å². The Bertz CT molecular complexity index is 711. The molecule has 5 rings (SSSR count). The van der Waals surface area contributed by atoms with Crippen LogP contribution in [0.1, 0.15) is 51.4 Å². The second kappa shape index (κ2) is 8.67. The number of aliphatic carboxylic acids is 1. The Balaban J connectivity index is 1.19. The van der Waals surface area contributed by atoms with Gasteiger partial charge in [0.25, 0.3) is 0 Å². The molecule has 0 aromatic heterocycles. The molecule has 0 spiro atoms. The van der Waals surface area contributed by atoms with Crippen molar-refractivity contribution in [3.63, 3.8) is 0 Å². The van der Waals surface area contributed by atoms with E-state index in [1.54, 1.807) is 4.90 Å². The fourth-order valence-corrected chi connectivity index (χ4v) is 6.52. The smallest absolute Gasteiger partial charge is 0.306 e. The normalized spacial score (nSPS) is 38.6. The van der Waals surface area contributed by atoms with Crippen LogP contribution in [0.4, 0.5) is 0 Å². The van der Waals surface area contributed by atoms with Gasteiger partial charge in [-0.1, -0.05) is 12.8 Å². The standard InChI is InChI=1S/C22H35N5O4/c28-20(18-11-14-3-1-2-4-16(14)23-18)27-10-7-17-15(12-27)19(25-24-17)21(29)26-8-5-13(6-9-26)22(30)31/h13-19,23-25H,1-12H2,(H,30,31). The summed E-state index contributed by atoms with van der Waals surface area (Å²) in [4.78, 5) is 41.4. The lowest BCUT2D eigenvalue weighted by Crippen LogP contribution is -2.56. The second-order valence-corrected chi connectivity index (χ2v) is 10.2. The predicted molar refractivity (Wildman–Crippen MR) is 113 cm³/mol. The molecule has 6 unspecified atom stereocenters. The summed E-state index contributed by atoms with van der Waals surface area (Å²) in [7, 11) is 0. The first kappa shape index (κ1) is 21.2. The van der Waals surface area contributed by atoms with Crippen molar-refractivity contribution in [1.29, 1.82) is 0 Å². The summed E-state index contributed by atoms with van der Waals surface area (Å²) in [5, 5.41) is 12.8. The number of hydrogen-bond acceptors (Lipinski definition) is 6. The minimum Gasteiger partial charge on any atom is -0.481 e. The first-order valence-electron chi connectivity index (χ1n) is 12.1. The summed E-state index contributed by atoms with van der Waals surface area (Å²) in [5.41, 5.74) is 6.47. The number of piperidine rings is 2. The van der Waals surface area contributed by atoms with Gasteiger partial charge < -0.3 is 20.2 Å². The fraction of sp³-hybridized carbons (Fsp3) is 0.864. The van der Waals surface area contributed by atoms with Crippen LogP contribution in [0.15, 0.2) is 0 Å². The van der Waals surface area contributed by atoms with Crippen LogP contribution in [0.25, 0.3) is 0 Å². The van der Waals surface area contributed by atoms with E-state index in [4.69, 9.17) is 0 Å². The molecule has 31 heavy (non-hydrogen) atoms. The number of hydrogen-bond donors (Lipinski definition) is 4. The molecular weight excluding hydrogens is 398 g/mol. The van der Waals surface area contributed by atoms with E-state index in [0.29, 0.717) is 44.4 Å². The predicted octanol–water partition coefficient (Wildman–Crippen LogP) is -0.0762. The Kier molecular flexibility index (Phi) is 5.92. The maximum Gasteiger partial charge on any atom is 0.306 e. The maximum absolute atomic E-state index is 13.3. The average Bonchev–Trinajstić information content (AvgIpc) is 3.42. The van der Waals surface area contributed by atoms with Gasteiger partial charge in [-0.3, -0.25) is 19.8 Å². The Labute approximate surface area is 183 Å². The number of amides is 2. The molecule has 2 amide bonds. The lowest BCUT2D eigenvalue weighted by Gasteiger charge is -2.38. The number of nitrogens with zero attached hydrogens (tertiary/aromatic N) is 2. The van der Waals surface area contributed by atoms with Gasteiger partial charge in [-0.15, -0.1) is 0 Å². The topological polar surface area (TPSA) is 114 Å². The number of fused-ring (bicyclic) bond motifs is 2. The van der Waals surface area contributed by atoms with Crippen molar-refractivity contribution < 1.29 is 19.5 Å². The van der Waals surface area contributed by atoms with Crippen molar-refractivity contribution in [2.75, 3.05) is 26.2 Å². The summed E-state index contributed by atoms with van der Waals surface area (Å²) in [5.74, 6) is -0.202. The van der Waals surface area contributed by atoms with Crippen LogP contribution in [-0.4, -0.2) is 83.0 Å². The largest absolute Gasteiger partial charge is 0.481 e. The molecule has 1 saturated carbocycles. The van der Waals surface area contributed by atoms with Crippen molar-refractivity contribution >= 4 is 17.8 Å². The number of carboxylic acid groups (broad SMARTS) is 1. The highest BCUT2D eigenvalue weighted by molar-refractivity contribution is 5.84. The van der Waals surface area contributed by atoms with Gasteiger partial charge in [-0.25, -0.2) is 5.43 Å². The molecular formula is C22H35N5O4. The monoisotopic (exact) mass is 433 g/mol. The van der Waals surface area contributed by atoms with Gasteiger partial charge in [0.1, 0.15) is 6.04 Å². The molecule has 172 valence electrons. The zero-order chi connectivity index (χ0) is 21.5. The first-order chi connectivity index (χ1) is 15.0. The Morgan fingerprint density at radius 1 is 0.806 bits per heavy atom. The number of carboxylic acids is 1. The van der Waals surface area contributed by atoms with E-state index < -0.39 is 5.97 Å². The van der Waals surface area contributed by atoms with Crippen LogP contribution in [0, 0.1) is 17.8 Å². The number of carbonyl (C=O) groups excluding carboxylic acids is 2. The summed E-state index contributed by atoms with van der Waals surface area (Å²) in [6.07, 6.45) is 7.76. The summed E-state index contributed by atoms with van der Waals surface area (Å²) < 4.78 is 0. The highest BCUT2D eigenvalue weighted by atomic mass is 16.4. The molecule has 6 atom stereocenters. The van der Waals surface area contributed by atoms with Crippen LogP contribution in [-0.2, 0) is 14.4 Å². The van der Waals surface area contributed by atoms with Gasteiger partial charge in [-0.2, -0.15) is 0 Å². The van der Waals surface area contributed by atoms with Crippen LogP contribution >= 0.6 is 0 Å². The maximum atomic E-state index is 13.3. The lowest BCUT2D eigenvalue weighted by atomic mass is 9.84. The summed E-state index contributed by atoms with van der Waals surface area (Å²) >= 11 is 0. The second-order valence-electron chi connectivity index (χ2n) is 10.2. The molecule has 4 N–H and O–H groups in total. The van der Waals surface area contributed by atoms with E-state index in [1.807, 2.05) is 4.90 Å². The van der Waals surface area contributed by atoms with E-state index in [9.17, 15) is 19.5 Å². The highest BCUT2D eigenvalue weighted by Gasteiger charge is 2.47. The summed E-state index contributed by atoms with van der Waals surface area (Å²) in [6, 6.07) is 0.254. The minimum absolute atomic E-state index is 0.0307. The van der Waals surface area contributed by atoms with Crippen molar-refractivity contribution in [3.8, 4) is 0 Å². The molecule has 0 bridgehead atoms. The van der Waals surface area contributed by atoms with Gasteiger partial charge in [0.2, 0.25) is 11.8 Å². The quantitative estimate of drug-likeness (QED) is 0.492. The third kappa shape index (κ3) is 4.07. The molecule has 5 aliphatic rings. The van der Waals surface area contributed by atoms with Crippen LogP contribution in [0.5, 0.6) is 0 Å². The number of hydrazine groups is 1. The minimum atomic E-state index is -0.769. The third-order valence-electron chi connectivity index (χ3n) is 8.40. The van der Waals surface area contributed by atoms with Gasteiger partial charge in [0, 0.05) is 44.2 Å². The zero-order valence-corrected chi connectivity index (χ0v) is 18.1. The Morgan fingerprint density at radius 3 is 2.29 bits per heavy atom. The van der Waals surface area contributed by atoms with Crippen molar-refractivity contribution in [1.82, 2.24) is 26.0 Å². The molecule has 4 heterocycles. The van der Waals surface area contributed by atoms with E-state index in [0.717, 1.165) is 19.4 Å². The molecule has 0 radical (unpaired) electrons. The molecule has 9 heteroatoms.